The minimum absolute atomic E-state index is 0.683. The molecule has 0 radical (unpaired) electrons. The van der Waals surface area contributed by atoms with Crippen molar-refractivity contribution in [2.24, 2.45) is 5.92 Å². The van der Waals surface area contributed by atoms with Crippen molar-refractivity contribution in [2.45, 2.75) is 26.1 Å². The van der Waals surface area contributed by atoms with Crippen LogP contribution < -0.4 is 4.90 Å². The van der Waals surface area contributed by atoms with E-state index in [2.05, 4.69) is 75.7 Å². The van der Waals surface area contributed by atoms with Gasteiger partial charge in [-0.1, -0.05) is 35.8 Å². The van der Waals surface area contributed by atoms with E-state index in [-0.39, 0.29) is 0 Å². The molecule has 1 aromatic carbocycles. The molecule has 16 heavy (non-hydrogen) atoms. The third kappa shape index (κ3) is 3.77. The van der Waals surface area contributed by atoms with Crippen LogP contribution in [0.3, 0.4) is 0 Å². The summed E-state index contributed by atoms with van der Waals surface area (Å²) in [6.45, 7) is 8.85. The zero-order chi connectivity index (χ0) is 12.1. The van der Waals surface area contributed by atoms with Crippen molar-refractivity contribution in [1.29, 1.82) is 0 Å². The van der Waals surface area contributed by atoms with Gasteiger partial charge >= 0.3 is 0 Å². The highest BCUT2D eigenvalue weighted by Gasteiger charge is 2.10. The van der Waals surface area contributed by atoms with Crippen molar-refractivity contribution in [3.63, 3.8) is 0 Å². The number of nitrogens with zero attached hydrogens (tertiary/aromatic N) is 1. The predicted octanol–water partition coefficient (Wildman–Crippen LogP) is 4.83. The summed E-state index contributed by atoms with van der Waals surface area (Å²) in [6.07, 6.45) is 0. The number of alkyl halides is 1. The van der Waals surface area contributed by atoms with Gasteiger partial charge in [-0.2, -0.15) is 0 Å². The second-order valence-electron chi connectivity index (χ2n) is 4.35. The first-order valence-electron chi connectivity index (χ1n) is 5.67. The van der Waals surface area contributed by atoms with Crippen LogP contribution in [0.1, 0.15) is 26.3 Å². The summed E-state index contributed by atoms with van der Waals surface area (Å²) in [7, 11) is 0. The van der Waals surface area contributed by atoms with Crippen LogP contribution in [0.4, 0.5) is 5.69 Å². The van der Waals surface area contributed by atoms with Crippen molar-refractivity contribution < 1.29 is 0 Å². The number of hydrogen-bond donors (Lipinski definition) is 0. The first kappa shape index (κ1) is 14.0. The lowest BCUT2D eigenvalue weighted by Gasteiger charge is -2.26. The maximum Gasteiger partial charge on any atom is 0.0510 e. The average molecular weight is 349 g/mol. The smallest absolute Gasteiger partial charge is 0.0510 e. The van der Waals surface area contributed by atoms with Crippen LogP contribution in [0.2, 0.25) is 0 Å². The topological polar surface area (TPSA) is 3.24 Å². The molecule has 0 spiro atoms. The molecule has 0 amide bonds. The van der Waals surface area contributed by atoms with Crippen molar-refractivity contribution in [1.82, 2.24) is 0 Å². The molecule has 0 aliphatic rings. The monoisotopic (exact) mass is 347 g/mol. The van der Waals surface area contributed by atoms with E-state index < -0.39 is 0 Å². The lowest BCUT2D eigenvalue weighted by atomic mass is 10.1. The van der Waals surface area contributed by atoms with Crippen molar-refractivity contribution >= 4 is 37.5 Å². The maximum absolute atomic E-state index is 3.66. The Morgan fingerprint density at radius 3 is 2.44 bits per heavy atom. The van der Waals surface area contributed by atoms with Crippen LogP contribution in [-0.4, -0.2) is 13.1 Å². The van der Waals surface area contributed by atoms with E-state index in [1.807, 2.05) is 0 Å². The molecule has 0 saturated heterocycles. The third-order valence-corrected chi connectivity index (χ3v) is 3.76. The lowest BCUT2D eigenvalue weighted by Crippen LogP contribution is -2.27. The summed E-state index contributed by atoms with van der Waals surface area (Å²) in [4.78, 5) is 2.41. The van der Waals surface area contributed by atoms with Crippen LogP contribution in [-0.2, 0) is 5.33 Å². The summed E-state index contributed by atoms with van der Waals surface area (Å²) < 4.78 is 1.19. The van der Waals surface area contributed by atoms with Gasteiger partial charge in [-0.05, 0) is 46.5 Å². The zero-order valence-electron chi connectivity index (χ0n) is 10.1. The fourth-order valence-electron chi connectivity index (χ4n) is 1.73. The van der Waals surface area contributed by atoms with Gasteiger partial charge in [0, 0.05) is 22.9 Å². The molecule has 0 N–H and O–H groups in total. The molecule has 1 aromatic rings. The normalized spacial score (nSPS) is 10.9. The largest absolute Gasteiger partial charge is 0.371 e. The van der Waals surface area contributed by atoms with E-state index in [0.717, 1.165) is 18.4 Å². The lowest BCUT2D eigenvalue weighted by molar-refractivity contribution is 0.618. The van der Waals surface area contributed by atoms with Gasteiger partial charge in [0.25, 0.3) is 0 Å². The Hall–Kier alpha value is -0.0200. The van der Waals surface area contributed by atoms with Gasteiger partial charge in [-0.3, -0.25) is 0 Å². The number of hydrogen-bond acceptors (Lipinski definition) is 1. The van der Waals surface area contributed by atoms with Crippen LogP contribution in [0.25, 0.3) is 0 Å². The number of anilines is 1. The number of halogens is 2. The molecule has 1 nitrogen and oxygen atoms in total. The highest BCUT2D eigenvalue weighted by Crippen LogP contribution is 2.28. The van der Waals surface area contributed by atoms with E-state index in [1.54, 1.807) is 0 Å². The summed E-state index contributed by atoms with van der Waals surface area (Å²) in [5.74, 6) is 0.683. The highest BCUT2D eigenvalue weighted by atomic mass is 79.9. The fourth-order valence-corrected chi connectivity index (χ4v) is 2.75. The van der Waals surface area contributed by atoms with Crippen molar-refractivity contribution in [2.75, 3.05) is 18.0 Å². The third-order valence-electron chi connectivity index (χ3n) is 2.47. The molecule has 0 unspecified atom stereocenters. The summed E-state index contributed by atoms with van der Waals surface area (Å²) in [5.41, 5.74) is 2.59. The number of rotatable bonds is 5. The second kappa shape index (κ2) is 6.65. The predicted molar refractivity (Wildman–Crippen MR) is 79.5 cm³/mol. The van der Waals surface area contributed by atoms with Crippen LogP contribution in [0, 0.1) is 5.92 Å². The second-order valence-corrected chi connectivity index (χ2v) is 5.77. The standard InChI is InChI=1S/C13H19Br2N/c1-4-16(9-10(2)3)13-6-5-11(8-14)7-12(13)15/h5-7,10H,4,8-9H2,1-3H3. The Labute approximate surface area is 115 Å². The Morgan fingerprint density at radius 2 is 2.00 bits per heavy atom. The highest BCUT2D eigenvalue weighted by molar-refractivity contribution is 9.10. The molecule has 0 aromatic heterocycles. The molecule has 0 atom stereocenters. The minimum Gasteiger partial charge on any atom is -0.371 e. The van der Waals surface area contributed by atoms with Gasteiger partial charge in [0.15, 0.2) is 0 Å². The average Bonchev–Trinajstić information content (AvgIpc) is 2.25. The Morgan fingerprint density at radius 1 is 1.31 bits per heavy atom. The summed E-state index contributed by atoms with van der Waals surface area (Å²) >= 11 is 7.13. The molecular weight excluding hydrogens is 330 g/mol. The Bertz CT molecular complexity index is 337. The van der Waals surface area contributed by atoms with Gasteiger partial charge in [0.1, 0.15) is 0 Å². The van der Waals surface area contributed by atoms with Gasteiger partial charge in [0.2, 0.25) is 0 Å². The molecule has 0 aliphatic carbocycles. The first-order chi connectivity index (χ1) is 7.58. The van der Waals surface area contributed by atoms with Crippen LogP contribution in [0.15, 0.2) is 22.7 Å². The molecule has 0 bridgehead atoms. The van der Waals surface area contributed by atoms with E-state index in [4.69, 9.17) is 0 Å². The summed E-state index contributed by atoms with van der Waals surface area (Å²) in [5, 5.41) is 0.905. The molecule has 0 aliphatic heterocycles. The van der Waals surface area contributed by atoms with Gasteiger partial charge < -0.3 is 4.90 Å². The summed E-state index contributed by atoms with van der Waals surface area (Å²) in [6, 6.07) is 6.57. The van der Waals surface area contributed by atoms with Crippen LogP contribution in [0.5, 0.6) is 0 Å². The molecule has 1 rings (SSSR count). The fraction of sp³-hybridized carbons (Fsp3) is 0.538. The molecular formula is C13H19Br2N. The molecule has 3 heteroatoms. The Kier molecular flexibility index (Phi) is 5.84. The van der Waals surface area contributed by atoms with Gasteiger partial charge in [0.05, 0.1) is 5.69 Å². The van der Waals surface area contributed by atoms with Crippen molar-refractivity contribution in [3.05, 3.63) is 28.2 Å². The SMILES string of the molecule is CCN(CC(C)C)c1ccc(CBr)cc1Br. The van der Waals surface area contributed by atoms with Gasteiger partial charge in [-0.15, -0.1) is 0 Å². The first-order valence-corrected chi connectivity index (χ1v) is 7.59. The van der Waals surface area contributed by atoms with Crippen molar-refractivity contribution in [3.8, 4) is 0 Å². The zero-order valence-corrected chi connectivity index (χ0v) is 13.3. The molecule has 0 saturated carbocycles. The van der Waals surface area contributed by atoms with E-state index in [9.17, 15) is 0 Å². The molecule has 0 heterocycles. The van der Waals surface area contributed by atoms with Crippen LogP contribution >= 0.6 is 31.9 Å². The Balaban J connectivity index is 2.92. The van der Waals surface area contributed by atoms with E-state index >= 15 is 0 Å². The maximum atomic E-state index is 3.66. The number of benzene rings is 1. The minimum atomic E-state index is 0.683. The van der Waals surface area contributed by atoms with Gasteiger partial charge in [-0.25, -0.2) is 0 Å². The molecule has 0 fully saturated rings. The van der Waals surface area contributed by atoms with E-state index in [0.29, 0.717) is 5.92 Å². The molecule has 90 valence electrons. The van der Waals surface area contributed by atoms with E-state index in [1.165, 1.54) is 15.7 Å². The quantitative estimate of drug-likeness (QED) is 0.689.